The van der Waals surface area contributed by atoms with Gasteiger partial charge in [0, 0.05) is 35.5 Å². The summed E-state index contributed by atoms with van der Waals surface area (Å²) in [7, 11) is 0. The van der Waals surface area contributed by atoms with E-state index in [1.54, 1.807) is 6.07 Å². The highest BCUT2D eigenvalue weighted by atomic mass is 16.7. The maximum Gasteiger partial charge on any atom is 0.329 e. The molecule has 2 heterocycles. The number of hydrogen-bond donors (Lipinski definition) is 1. The van der Waals surface area contributed by atoms with Crippen molar-refractivity contribution in [1.82, 2.24) is 4.57 Å². The van der Waals surface area contributed by atoms with E-state index < -0.39 is 5.97 Å². The van der Waals surface area contributed by atoms with Gasteiger partial charge < -0.3 is 13.8 Å². The van der Waals surface area contributed by atoms with Crippen LogP contribution in [0.25, 0.3) is 43.5 Å². The van der Waals surface area contributed by atoms with Crippen molar-refractivity contribution in [3.8, 4) is 0 Å². The number of hydrogen-bond acceptors (Lipinski definition) is 6. The molecule has 2 aromatic heterocycles. The highest BCUT2D eigenvalue weighted by Crippen LogP contribution is 2.35. The van der Waals surface area contributed by atoms with Crippen LogP contribution in [0.2, 0.25) is 0 Å². The third-order valence-corrected chi connectivity index (χ3v) is 6.66. The average Bonchev–Trinajstić information content (AvgIpc) is 3.25. The SMILES string of the molecule is CCn1c2ccc(C(=O)c3ccc4ccccc4c3)cc2c2c3occ(NOC(C)=O)c(=O)c3ccc21. The fourth-order valence-corrected chi connectivity index (χ4v) is 4.95. The van der Waals surface area contributed by atoms with Gasteiger partial charge in [-0.05, 0) is 54.1 Å². The molecule has 6 rings (SSSR count). The van der Waals surface area contributed by atoms with E-state index in [9.17, 15) is 14.4 Å². The topological polar surface area (TPSA) is 90.5 Å². The number of anilines is 1. The van der Waals surface area contributed by atoms with Crippen LogP contribution in [-0.2, 0) is 16.2 Å². The summed E-state index contributed by atoms with van der Waals surface area (Å²) < 4.78 is 8.04. The average molecular weight is 491 g/mol. The summed E-state index contributed by atoms with van der Waals surface area (Å²) in [5.41, 5.74) is 5.41. The van der Waals surface area contributed by atoms with Crippen molar-refractivity contribution in [1.29, 1.82) is 0 Å². The number of nitrogens with zero attached hydrogens (tertiary/aromatic N) is 1. The molecule has 1 N–H and O–H groups in total. The Hall–Kier alpha value is -4.91. The lowest BCUT2D eigenvalue weighted by Gasteiger charge is -2.06. The Morgan fingerprint density at radius 1 is 0.892 bits per heavy atom. The van der Waals surface area contributed by atoms with Crippen LogP contribution in [0.3, 0.4) is 0 Å². The van der Waals surface area contributed by atoms with Gasteiger partial charge in [0.15, 0.2) is 11.5 Å². The van der Waals surface area contributed by atoms with Gasteiger partial charge >= 0.3 is 5.97 Å². The Morgan fingerprint density at radius 2 is 1.62 bits per heavy atom. The van der Waals surface area contributed by atoms with E-state index >= 15 is 0 Å². The Balaban J connectivity index is 1.55. The number of rotatable bonds is 5. The smallest absolute Gasteiger partial charge is 0.329 e. The van der Waals surface area contributed by atoms with Gasteiger partial charge in [-0.1, -0.05) is 36.4 Å². The fraction of sp³-hybridized carbons (Fsp3) is 0.100. The molecule has 0 radical (unpaired) electrons. The molecular weight excluding hydrogens is 468 g/mol. The number of aryl methyl sites for hydroxylation is 1. The lowest BCUT2D eigenvalue weighted by Crippen LogP contribution is -2.14. The van der Waals surface area contributed by atoms with Crippen LogP contribution in [0.4, 0.5) is 5.69 Å². The van der Waals surface area contributed by atoms with Crippen LogP contribution >= 0.6 is 0 Å². The molecule has 182 valence electrons. The quantitative estimate of drug-likeness (QED) is 0.229. The van der Waals surface area contributed by atoms with Gasteiger partial charge in [-0.15, -0.1) is 0 Å². The molecule has 4 aromatic carbocycles. The molecule has 0 saturated heterocycles. The van der Waals surface area contributed by atoms with Crippen LogP contribution < -0.4 is 10.9 Å². The maximum atomic E-state index is 13.5. The van der Waals surface area contributed by atoms with Gasteiger partial charge in [0.2, 0.25) is 5.43 Å². The van der Waals surface area contributed by atoms with E-state index in [-0.39, 0.29) is 16.9 Å². The van der Waals surface area contributed by atoms with E-state index in [0.717, 1.165) is 32.6 Å². The van der Waals surface area contributed by atoms with E-state index in [2.05, 4.69) is 10.0 Å². The molecule has 0 aliphatic carbocycles. The Morgan fingerprint density at radius 3 is 2.41 bits per heavy atom. The second-order valence-electron chi connectivity index (χ2n) is 8.88. The van der Waals surface area contributed by atoms with Crippen LogP contribution in [0.5, 0.6) is 0 Å². The van der Waals surface area contributed by atoms with Crippen molar-refractivity contribution in [2.75, 3.05) is 5.48 Å². The summed E-state index contributed by atoms with van der Waals surface area (Å²) in [5, 5.41) is 3.98. The molecule has 0 saturated carbocycles. The number of carbonyl (C=O) groups excluding carboxylic acids is 2. The summed E-state index contributed by atoms with van der Waals surface area (Å²) in [5.74, 6) is -0.663. The number of aromatic nitrogens is 1. The minimum absolute atomic E-state index is 0.0217. The highest BCUT2D eigenvalue weighted by molar-refractivity contribution is 6.21. The van der Waals surface area contributed by atoms with Gasteiger partial charge in [-0.3, -0.25) is 14.4 Å². The fourth-order valence-electron chi connectivity index (χ4n) is 4.95. The first-order chi connectivity index (χ1) is 18.0. The molecule has 0 fully saturated rings. The van der Waals surface area contributed by atoms with Crippen LogP contribution in [0.1, 0.15) is 29.8 Å². The Bertz CT molecular complexity index is 1950. The van der Waals surface area contributed by atoms with Gasteiger partial charge in [0.25, 0.3) is 0 Å². The molecule has 0 atom stereocenters. The summed E-state index contributed by atoms with van der Waals surface area (Å²) in [4.78, 5) is 42.5. The third-order valence-electron chi connectivity index (χ3n) is 6.66. The summed E-state index contributed by atoms with van der Waals surface area (Å²) in [6, 6.07) is 22.8. The molecule has 0 unspecified atom stereocenters. The number of carbonyl (C=O) groups is 2. The molecule has 0 aliphatic rings. The molecule has 0 aliphatic heterocycles. The lowest BCUT2D eigenvalue weighted by molar-refractivity contribution is -0.138. The van der Waals surface area contributed by atoms with Crippen LogP contribution in [0.15, 0.2) is 88.3 Å². The molecule has 7 nitrogen and oxygen atoms in total. The molecule has 0 bridgehead atoms. The lowest BCUT2D eigenvalue weighted by atomic mass is 9.98. The van der Waals surface area contributed by atoms with Gasteiger partial charge in [-0.25, -0.2) is 5.48 Å². The number of nitrogens with one attached hydrogen (secondary N) is 1. The van der Waals surface area contributed by atoms with Gasteiger partial charge in [0.05, 0.1) is 16.3 Å². The minimum Gasteiger partial charge on any atom is -0.461 e. The van der Waals surface area contributed by atoms with Crippen LogP contribution in [-0.4, -0.2) is 16.3 Å². The van der Waals surface area contributed by atoms with Crippen molar-refractivity contribution >= 4 is 61.0 Å². The second kappa shape index (κ2) is 8.64. The zero-order chi connectivity index (χ0) is 25.7. The van der Waals surface area contributed by atoms with Crippen molar-refractivity contribution in [2.45, 2.75) is 20.4 Å². The maximum absolute atomic E-state index is 13.5. The first-order valence-corrected chi connectivity index (χ1v) is 11.9. The van der Waals surface area contributed by atoms with Gasteiger partial charge in [-0.2, -0.15) is 0 Å². The first kappa shape index (κ1) is 22.5. The van der Waals surface area contributed by atoms with E-state index in [4.69, 9.17) is 9.25 Å². The number of ketones is 1. The normalized spacial score (nSPS) is 11.4. The largest absolute Gasteiger partial charge is 0.461 e. The molecule has 0 spiro atoms. The van der Waals surface area contributed by atoms with Crippen LogP contribution in [0, 0.1) is 0 Å². The van der Waals surface area contributed by atoms with E-state index in [1.165, 1.54) is 13.2 Å². The standard InChI is InChI=1S/C30H22N2O5/c1-3-32-25-12-10-21(28(34)20-9-8-18-6-4-5-7-19(18)14-20)15-23(25)27-26(32)13-11-22-29(35)24(16-36-30(22)27)31-37-17(2)33/h4-16,31H,3H2,1-2H3. The van der Waals surface area contributed by atoms with E-state index in [1.807, 2.05) is 73.7 Å². The summed E-state index contributed by atoms with van der Waals surface area (Å²) >= 11 is 0. The molecule has 0 amide bonds. The van der Waals surface area contributed by atoms with Crippen molar-refractivity contribution < 1.29 is 18.8 Å². The predicted octanol–water partition coefficient (Wildman–Crippen LogP) is 6.20. The molecule has 7 heteroatoms. The van der Waals surface area contributed by atoms with E-state index in [0.29, 0.717) is 28.6 Å². The Kier molecular flexibility index (Phi) is 5.26. The van der Waals surface area contributed by atoms with Crippen molar-refractivity contribution in [3.63, 3.8) is 0 Å². The Labute approximate surface area is 210 Å². The summed E-state index contributed by atoms with van der Waals surface area (Å²) in [6.45, 7) is 3.97. The van der Waals surface area contributed by atoms with Crippen molar-refractivity contribution in [3.05, 3.63) is 100 Å². The second-order valence-corrected chi connectivity index (χ2v) is 8.88. The third kappa shape index (κ3) is 3.63. The molecule has 6 aromatic rings. The van der Waals surface area contributed by atoms with Crippen molar-refractivity contribution in [2.24, 2.45) is 0 Å². The zero-order valence-corrected chi connectivity index (χ0v) is 20.2. The summed E-state index contributed by atoms with van der Waals surface area (Å²) in [6.07, 6.45) is 1.24. The molecule has 37 heavy (non-hydrogen) atoms. The predicted molar refractivity (Wildman–Crippen MR) is 144 cm³/mol. The zero-order valence-electron chi connectivity index (χ0n) is 20.2. The first-order valence-electron chi connectivity index (χ1n) is 11.9. The van der Waals surface area contributed by atoms with Gasteiger partial charge in [0.1, 0.15) is 11.8 Å². The minimum atomic E-state index is -0.579. The monoisotopic (exact) mass is 490 g/mol. The molecular formula is C30H22N2O5. The number of fused-ring (bicyclic) bond motifs is 6. The highest BCUT2D eigenvalue weighted by Gasteiger charge is 2.19. The number of benzene rings is 4.